The summed E-state index contributed by atoms with van der Waals surface area (Å²) in [6, 6.07) is 0. The van der Waals surface area contributed by atoms with Crippen molar-refractivity contribution in [1.82, 2.24) is 0 Å². The zero-order valence-corrected chi connectivity index (χ0v) is 31.4. The average molecular weight is 651 g/mol. The minimum Gasteiger partial charge on any atom is -0.481 e. The van der Waals surface area contributed by atoms with Crippen LogP contribution in [0.15, 0.2) is 0 Å². The molecule has 274 valence electrons. The third kappa shape index (κ3) is 37.4. The molecule has 0 aliphatic rings. The van der Waals surface area contributed by atoms with E-state index in [1.807, 2.05) is 0 Å². The van der Waals surface area contributed by atoms with Crippen LogP contribution in [0.5, 0.6) is 0 Å². The van der Waals surface area contributed by atoms with Gasteiger partial charge in [0.15, 0.2) is 0 Å². The molecule has 1 unspecified atom stereocenters. The molecule has 46 heavy (non-hydrogen) atoms. The summed E-state index contributed by atoms with van der Waals surface area (Å²) >= 11 is 0. The van der Waals surface area contributed by atoms with E-state index in [1.54, 1.807) is 0 Å². The molecule has 1 N–H and O–H groups in total. The molecule has 0 rings (SSSR count). The van der Waals surface area contributed by atoms with Gasteiger partial charge in [-0.15, -0.1) is 0 Å². The van der Waals surface area contributed by atoms with E-state index >= 15 is 0 Å². The van der Waals surface area contributed by atoms with Crippen LogP contribution in [0, 0.1) is 0 Å². The molecule has 4 nitrogen and oxygen atoms in total. The maximum atomic E-state index is 12.7. The summed E-state index contributed by atoms with van der Waals surface area (Å²) < 4.78 is 6.01. The summed E-state index contributed by atoms with van der Waals surface area (Å²) in [6.07, 6.45) is 45.6. The Morgan fingerprint density at radius 2 is 0.652 bits per heavy atom. The number of carboxylic acid groups (broad SMARTS) is 1. The number of carboxylic acids is 1. The molecule has 4 heteroatoms. The molecule has 0 aliphatic carbocycles. The van der Waals surface area contributed by atoms with Gasteiger partial charge in [0.05, 0.1) is 0 Å². The monoisotopic (exact) mass is 651 g/mol. The van der Waals surface area contributed by atoms with E-state index in [4.69, 9.17) is 9.84 Å². The quantitative estimate of drug-likeness (QED) is 0.0531. The molecular weight excluding hydrogens is 568 g/mol. The number of aliphatic carboxylic acids is 1. The fraction of sp³-hybridized carbons (Fsp3) is 0.952. The molecule has 0 fully saturated rings. The lowest BCUT2D eigenvalue weighted by Crippen LogP contribution is -2.18. The van der Waals surface area contributed by atoms with Crippen LogP contribution in [0.3, 0.4) is 0 Å². The van der Waals surface area contributed by atoms with Crippen molar-refractivity contribution in [3.8, 4) is 0 Å². The van der Waals surface area contributed by atoms with Gasteiger partial charge in [0.25, 0.3) is 0 Å². The van der Waals surface area contributed by atoms with Crippen molar-refractivity contribution in [2.75, 3.05) is 0 Å². The highest BCUT2D eigenvalue weighted by Crippen LogP contribution is 2.19. The first-order valence-corrected chi connectivity index (χ1v) is 21.0. The van der Waals surface area contributed by atoms with Gasteiger partial charge in [-0.2, -0.15) is 0 Å². The minimum absolute atomic E-state index is 0.00929. The predicted molar refractivity (Wildman–Crippen MR) is 200 cm³/mol. The van der Waals surface area contributed by atoms with E-state index in [0.717, 1.165) is 64.2 Å². The first kappa shape index (κ1) is 44.9. The topological polar surface area (TPSA) is 63.6 Å². The third-order valence-electron chi connectivity index (χ3n) is 9.83. The first-order chi connectivity index (χ1) is 22.6. The summed E-state index contributed by atoms with van der Waals surface area (Å²) in [6.45, 7) is 4.56. The van der Waals surface area contributed by atoms with Crippen LogP contribution >= 0.6 is 0 Å². The van der Waals surface area contributed by atoms with E-state index < -0.39 is 5.97 Å². The molecule has 0 aromatic heterocycles. The molecule has 0 amide bonds. The molecule has 0 aromatic carbocycles. The van der Waals surface area contributed by atoms with Gasteiger partial charge in [-0.1, -0.05) is 200 Å². The normalized spacial score (nSPS) is 12.0. The number of carbonyl (C=O) groups is 2. The lowest BCUT2D eigenvalue weighted by Gasteiger charge is -2.18. The smallest absolute Gasteiger partial charge is 0.306 e. The molecule has 0 saturated heterocycles. The second kappa shape index (κ2) is 38.4. The number of hydrogen-bond donors (Lipinski definition) is 1. The van der Waals surface area contributed by atoms with Crippen LogP contribution in [0.4, 0.5) is 0 Å². The Bertz CT molecular complexity index is 619. The minimum atomic E-state index is -0.696. The SMILES string of the molecule is CCCCCCCCCCCCCCCCCCCCC(=O)OC(CCCCCCCCCCCC)CCCCCCCC(=O)O. The van der Waals surface area contributed by atoms with Gasteiger partial charge < -0.3 is 9.84 Å². The standard InChI is InChI=1S/C42H82O4/c1-3-5-7-9-11-13-15-16-17-18-19-20-21-22-24-26-31-35-39-42(45)46-40(37-33-29-27-30-34-38-41(43)44)36-32-28-25-23-14-12-10-8-6-4-2/h40H,3-39H2,1-2H3,(H,43,44). The maximum absolute atomic E-state index is 12.7. The Labute approximate surface area is 288 Å². The summed E-state index contributed by atoms with van der Waals surface area (Å²) in [5.74, 6) is -0.687. The maximum Gasteiger partial charge on any atom is 0.306 e. The molecular formula is C42H82O4. The first-order valence-electron chi connectivity index (χ1n) is 21.0. The molecule has 0 spiro atoms. The van der Waals surface area contributed by atoms with Crippen molar-refractivity contribution >= 4 is 11.9 Å². The Morgan fingerprint density at radius 3 is 0.957 bits per heavy atom. The number of hydrogen-bond acceptors (Lipinski definition) is 3. The van der Waals surface area contributed by atoms with Gasteiger partial charge >= 0.3 is 11.9 Å². The van der Waals surface area contributed by atoms with Crippen molar-refractivity contribution in [3.63, 3.8) is 0 Å². The number of ether oxygens (including phenoxy) is 1. The van der Waals surface area contributed by atoms with Crippen LogP contribution in [0.2, 0.25) is 0 Å². The Kier molecular flexibility index (Phi) is 37.5. The average Bonchev–Trinajstić information content (AvgIpc) is 3.04. The van der Waals surface area contributed by atoms with Gasteiger partial charge in [0, 0.05) is 12.8 Å². The fourth-order valence-corrected chi connectivity index (χ4v) is 6.72. The van der Waals surface area contributed by atoms with E-state index in [0.29, 0.717) is 6.42 Å². The highest BCUT2D eigenvalue weighted by atomic mass is 16.5. The van der Waals surface area contributed by atoms with Crippen molar-refractivity contribution in [2.45, 2.75) is 258 Å². The lowest BCUT2D eigenvalue weighted by atomic mass is 10.0. The number of carbonyl (C=O) groups excluding carboxylic acids is 1. The van der Waals surface area contributed by atoms with E-state index in [2.05, 4.69) is 13.8 Å². The van der Waals surface area contributed by atoms with Gasteiger partial charge in [0.2, 0.25) is 0 Å². The van der Waals surface area contributed by atoms with Gasteiger partial charge in [-0.05, 0) is 38.5 Å². The molecule has 0 aromatic rings. The Morgan fingerprint density at radius 1 is 0.391 bits per heavy atom. The predicted octanol–water partition coefficient (Wildman–Crippen LogP) is 14.5. The second-order valence-corrected chi connectivity index (χ2v) is 14.5. The third-order valence-corrected chi connectivity index (χ3v) is 9.83. The van der Waals surface area contributed by atoms with Crippen molar-refractivity contribution in [1.29, 1.82) is 0 Å². The Hall–Kier alpha value is -1.06. The molecule has 0 bridgehead atoms. The van der Waals surface area contributed by atoms with Crippen molar-refractivity contribution < 1.29 is 19.4 Å². The number of rotatable bonds is 39. The zero-order valence-electron chi connectivity index (χ0n) is 31.4. The molecule has 0 radical (unpaired) electrons. The highest BCUT2D eigenvalue weighted by molar-refractivity contribution is 5.69. The summed E-state index contributed by atoms with van der Waals surface area (Å²) in [4.78, 5) is 23.4. The molecule has 0 saturated carbocycles. The Balaban J connectivity index is 3.88. The van der Waals surface area contributed by atoms with Crippen LogP contribution in [-0.4, -0.2) is 23.1 Å². The lowest BCUT2D eigenvalue weighted by molar-refractivity contribution is -0.150. The second-order valence-electron chi connectivity index (χ2n) is 14.5. The highest BCUT2D eigenvalue weighted by Gasteiger charge is 2.14. The van der Waals surface area contributed by atoms with Crippen LogP contribution in [-0.2, 0) is 14.3 Å². The molecule has 1 atom stereocenters. The summed E-state index contributed by atoms with van der Waals surface area (Å²) in [7, 11) is 0. The number of unbranched alkanes of at least 4 members (excludes halogenated alkanes) is 30. The molecule has 0 aliphatic heterocycles. The number of esters is 1. The summed E-state index contributed by atoms with van der Waals surface area (Å²) in [5, 5.41) is 8.82. The molecule has 0 heterocycles. The van der Waals surface area contributed by atoms with Gasteiger partial charge in [0.1, 0.15) is 6.10 Å². The van der Waals surface area contributed by atoms with E-state index in [-0.39, 0.29) is 18.5 Å². The van der Waals surface area contributed by atoms with Gasteiger partial charge in [-0.25, -0.2) is 0 Å². The summed E-state index contributed by atoms with van der Waals surface area (Å²) in [5.41, 5.74) is 0. The van der Waals surface area contributed by atoms with E-state index in [1.165, 1.54) is 161 Å². The van der Waals surface area contributed by atoms with E-state index in [9.17, 15) is 9.59 Å². The van der Waals surface area contributed by atoms with Crippen molar-refractivity contribution in [2.24, 2.45) is 0 Å². The van der Waals surface area contributed by atoms with Gasteiger partial charge in [-0.3, -0.25) is 9.59 Å². The van der Waals surface area contributed by atoms with Crippen molar-refractivity contribution in [3.05, 3.63) is 0 Å². The van der Waals surface area contributed by atoms with Crippen LogP contribution in [0.25, 0.3) is 0 Å². The van der Waals surface area contributed by atoms with Crippen LogP contribution < -0.4 is 0 Å². The zero-order chi connectivity index (χ0) is 33.6. The van der Waals surface area contributed by atoms with Crippen LogP contribution in [0.1, 0.15) is 251 Å². The largest absolute Gasteiger partial charge is 0.481 e. The fourth-order valence-electron chi connectivity index (χ4n) is 6.72.